The highest BCUT2D eigenvalue weighted by Crippen LogP contribution is 2.28. The fourth-order valence-corrected chi connectivity index (χ4v) is 2.45. The van der Waals surface area contributed by atoms with Gasteiger partial charge in [-0.15, -0.1) is 0 Å². The van der Waals surface area contributed by atoms with E-state index in [4.69, 9.17) is 16.3 Å². The van der Waals surface area contributed by atoms with Crippen molar-refractivity contribution in [1.82, 2.24) is 5.32 Å². The number of nitrogens with one attached hydrogen (secondary N) is 1. The van der Waals surface area contributed by atoms with E-state index >= 15 is 0 Å². The molecule has 1 aliphatic rings. The van der Waals surface area contributed by atoms with Gasteiger partial charge in [0, 0.05) is 6.54 Å². The molecule has 1 saturated heterocycles. The highest BCUT2D eigenvalue weighted by molar-refractivity contribution is 6.33. The van der Waals surface area contributed by atoms with Crippen LogP contribution in [0.4, 0.5) is 5.69 Å². The van der Waals surface area contributed by atoms with Gasteiger partial charge in [-0.2, -0.15) is 0 Å². The second-order valence-electron chi connectivity index (χ2n) is 4.27. The van der Waals surface area contributed by atoms with Crippen LogP contribution in [0.3, 0.4) is 0 Å². The molecule has 1 atom stereocenters. The first-order valence-corrected chi connectivity index (χ1v) is 6.44. The Morgan fingerprint density at radius 1 is 1.47 bits per heavy atom. The Hall–Kier alpha value is -0.770. The monoisotopic (exact) mass is 254 g/mol. The number of anilines is 1. The molecule has 1 aliphatic heterocycles. The second-order valence-corrected chi connectivity index (χ2v) is 4.67. The van der Waals surface area contributed by atoms with Crippen molar-refractivity contribution in [2.24, 2.45) is 0 Å². The summed E-state index contributed by atoms with van der Waals surface area (Å²) in [6.07, 6.45) is 1.07. The van der Waals surface area contributed by atoms with Gasteiger partial charge in [-0.05, 0) is 32.1 Å². The first-order valence-electron chi connectivity index (χ1n) is 6.06. The number of rotatable bonds is 4. The van der Waals surface area contributed by atoms with E-state index in [-0.39, 0.29) is 0 Å². The summed E-state index contributed by atoms with van der Waals surface area (Å²) >= 11 is 6.26. The molecule has 2 rings (SSSR count). The van der Waals surface area contributed by atoms with Gasteiger partial charge in [0.2, 0.25) is 0 Å². The van der Waals surface area contributed by atoms with E-state index in [1.165, 1.54) is 0 Å². The van der Waals surface area contributed by atoms with Crippen LogP contribution in [0.1, 0.15) is 6.42 Å². The molecular formula is C13H19ClN2O. The summed E-state index contributed by atoms with van der Waals surface area (Å²) < 4.78 is 5.56. The van der Waals surface area contributed by atoms with E-state index < -0.39 is 0 Å². The van der Waals surface area contributed by atoms with Crippen molar-refractivity contribution in [3.8, 4) is 0 Å². The first kappa shape index (κ1) is 12.7. The fourth-order valence-electron chi connectivity index (χ4n) is 2.21. The highest BCUT2D eigenvalue weighted by atomic mass is 35.5. The van der Waals surface area contributed by atoms with Crippen molar-refractivity contribution in [1.29, 1.82) is 0 Å². The largest absolute Gasteiger partial charge is 0.377 e. The molecule has 0 bridgehead atoms. The zero-order valence-electron chi connectivity index (χ0n) is 10.2. The molecule has 1 N–H and O–H groups in total. The van der Waals surface area contributed by atoms with Crippen molar-refractivity contribution in [2.75, 3.05) is 38.3 Å². The molecule has 0 aromatic heterocycles. The number of ether oxygens (including phenoxy) is 1. The van der Waals surface area contributed by atoms with Crippen LogP contribution in [0, 0.1) is 0 Å². The normalized spacial score (nSPS) is 20.6. The second kappa shape index (κ2) is 6.24. The molecule has 1 fully saturated rings. The maximum atomic E-state index is 6.26. The minimum absolute atomic E-state index is 0.413. The SMILES string of the molecule is CNCCC1COCCN1c1ccccc1Cl. The Labute approximate surface area is 108 Å². The molecule has 0 radical (unpaired) electrons. The van der Waals surface area contributed by atoms with Crippen LogP contribution in [0.15, 0.2) is 24.3 Å². The molecule has 4 heteroatoms. The summed E-state index contributed by atoms with van der Waals surface area (Å²) in [7, 11) is 1.98. The molecule has 1 aromatic carbocycles. The average Bonchev–Trinajstić information content (AvgIpc) is 2.37. The lowest BCUT2D eigenvalue weighted by Crippen LogP contribution is -2.46. The number of halogens is 1. The fraction of sp³-hybridized carbons (Fsp3) is 0.538. The quantitative estimate of drug-likeness (QED) is 0.891. The number of para-hydroxylation sites is 1. The Kier molecular flexibility index (Phi) is 4.66. The van der Waals surface area contributed by atoms with E-state index in [0.29, 0.717) is 6.04 Å². The summed E-state index contributed by atoms with van der Waals surface area (Å²) in [6, 6.07) is 8.44. The molecular weight excluding hydrogens is 236 g/mol. The van der Waals surface area contributed by atoms with Gasteiger partial charge in [0.05, 0.1) is 30.0 Å². The van der Waals surface area contributed by atoms with Crippen LogP contribution >= 0.6 is 11.6 Å². The predicted molar refractivity (Wildman–Crippen MR) is 71.9 cm³/mol. The van der Waals surface area contributed by atoms with Crippen LogP contribution in [-0.2, 0) is 4.74 Å². The van der Waals surface area contributed by atoms with Crippen LogP contribution in [0.5, 0.6) is 0 Å². The van der Waals surface area contributed by atoms with Gasteiger partial charge in [0.25, 0.3) is 0 Å². The maximum Gasteiger partial charge on any atom is 0.0671 e. The lowest BCUT2D eigenvalue weighted by molar-refractivity contribution is 0.0917. The minimum atomic E-state index is 0.413. The Balaban J connectivity index is 2.13. The molecule has 1 heterocycles. The lowest BCUT2D eigenvalue weighted by atomic mass is 10.1. The molecule has 0 spiro atoms. The van der Waals surface area contributed by atoms with Gasteiger partial charge in [0.1, 0.15) is 0 Å². The summed E-state index contributed by atoms with van der Waals surface area (Å²) in [5, 5.41) is 4.01. The van der Waals surface area contributed by atoms with Gasteiger partial charge in [-0.3, -0.25) is 0 Å². The lowest BCUT2D eigenvalue weighted by Gasteiger charge is -2.38. The van der Waals surface area contributed by atoms with Gasteiger partial charge in [0.15, 0.2) is 0 Å². The molecule has 0 aliphatic carbocycles. The molecule has 94 valence electrons. The number of morpholine rings is 1. The van der Waals surface area contributed by atoms with Crippen molar-refractivity contribution < 1.29 is 4.74 Å². The van der Waals surface area contributed by atoms with E-state index in [0.717, 1.165) is 43.4 Å². The molecule has 3 nitrogen and oxygen atoms in total. The summed E-state index contributed by atoms with van der Waals surface area (Å²) in [4.78, 5) is 2.36. The summed E-state index contributed by atoms with van der Waals surface area (Å²) in [5.41, 5.74) is 1.12. The van der Waals surface area contributed by atoms with Crippen molar-refractivity contribution in [3.63, 3.8) is 0 Å². The Bertz CT molecular complexity index is 359. The smallest absolute Gasteiger partial charge is 0.0671 e. The molecule has 0 saturated carbocycles. The number of hydrogen-bond acceptors (Lipinski definition) is 3. The minimum Gasteiger partial charge on any atom is -0.377 e. The van der Waals surface area contributed by atoms with E-state index in [9.17, 15) is 0 Å². The predicted octanol–water partition coefficient (Wildman–Crippen LogP) is 2.15. The number of nitrogens with zero attached hydrogens (tertiary/aromatic N) is 1. The maximum absolute atomic E-state index is 6.26. The van der Waals surface area contributed by atoms with E-state index in [2.05, 4.69) is 16.3 Å². The Morgan fingerprint density at radius 2 is 2.29 bits per heavy atom. The topological polar surface area (TPSA) is 24.5 Å². The molecule has 1 aromatic rings. The number of hydrogen-bond donors (Lipinski definition) is 1. The highest BCUT2D eigenvalue weighted by Gasteiger charge is 2.23. The Morgan fingerprint density at radius 3 is 3.06 bits per heavy atom. The molecule has 17 heavy (non-hydrogen) atoms. The van der Waals surface area contributed by atoms with Crippen LogP contribution in [0.25, 0.3) is 0 Å². The van der Waals surface area contributed by atoms with Gasteiger partial charge < -0.3 is 15.0 Å². The zero-order valence-corrected chi connectivity index (χ0v) is 10.9. The van der Waals surface area contributed by atoms with E-state index in [1.54, 1.807) is 0 Å². The molecule has 0 amide bonds. The van der Waals surface area contributed by atoms with Crippen LogP contribution in [-0.4, -0.2) is 39.4 Å². The van der Waals surface area contributed by atoms with Crippen molar-refractivity contribution in [2.45, 2.75) is 12.5 Å². The average molecular weight is 255 g/mol. The van der Waals surface area contributed by atoms with Crippen molar-refractivity contribution >= 4 is 17.3 Å². The first-order chi connectivity index (χ1) is 8.33. The zero-order chi connectivity index (χ0) is 12.1. The van der Waals surface area contributed by atoms with E-state index in [1.807, 2.05) is 25.2 Å². The number of benzene rings is 1. The van der Waals surface area contributed by atoms with Gasteiger partial charge in [-0.25, -0.2) is 0 Å². The van der Waals surface area contributed by atoms with Gasteiger partial charge in [-0.1, -0.05) is 23.7 Å². The third kappa shape index (κ3) is 3.12. The standard InChI is InChI=1S/C13H19ClN2O/c1-15-7-6-11-10-17-9-8-16(11)13-5-3-2-4-12(13)14/h2-5,11,15H,6-10H2,1H3. The third-order valence-corrected chi connectivity index (χ3v) is 3.44. The summed E-state index contributed by atoms with van der Waals surface area (Å²) in [6.45, 7) is 3.47. The summed E-state index contributed by atoms with van der Waals surface area (Å²) in [5.74, 6) is 0. The van der Waals surface area contributed by atoms with Crippen LogP contribution in [0.2, 0.25) is 5.02 Å². The van der Waals surface area contributed by atoms with Crippen LogP contribution < -0.4 is 10.2 Å². The van der Waals surface area contributed by atoms with Gasteiger partial charge >= 0.3 is 0 Å². The third-order valence-electron chi connectivity index (χ3n) is 3.12. The van der Waals surface area contributed by atoms with Crippen molar-refractivity contribution in [3.05, 3.63) is 29.3 Å². The molecule has 1 unspecified atom stereocenters.